The van der Waals surface area contributed by atoms with Gasteiger partial charge in [0.1, 0.15) is 12.0 Å². The third-order valence-corrected chi connectivity index (χ3v) is 10.4. The Labute approximate surface area is 337 Å². The third-order valence-electron chi connectivity index (χ3n) is 10.4. The number of benzene rings is 8. The number of nitrogens with zero attached hydrogens (tertiary/aromatic N) is 5. The van der Waals surface area contributed by atoms with E-state index in [2.05, 4.69) is 115 Å². The lowest BCUT2D eigenvalue weighted by molar-refractivity contribution is 0.674. The average molecular weight is 745 g/mol. The number of aliphatic imine (C=N–C) groups is 2. The van der Waals surface area contributed by atoms with Crippen LogP contribution in [0.25, 0.3) is 67.2 Å². The molecule has 9 aromatic rings. The summed E-state index contributed by atoms with van der Waals surface area (Å²) in [6.45, 7) is 0. The molecule has 0 saturated carbocycles. The van der Waals surface area contributed by atoms with Gasteiger partial charge in [0, 0.05) is 27.8 Å². The summed E-state index contributed by atoms with van der Waals surface area (Å²) in [5, 5.41) is 5.94. The second-order valence-electron chi connectivity index (χ2n) is 14.2. The molecule has 274 valence electrons. The lowest BCUT2D eigenvalue weighted by atomic mass is 9.96. The second kappa shape index (κ2) is 15.4. The van der Waals surface area contributed by atoms with Crippen molar-refractivity contribution in [2.45, 2.75) is 6.17 Å². The SMILES string of the molecule is c1ccc(C2=NC(c3ccc(-c4ccc5ccc(-c6ccc(-c7nc(-c8ccccc8)nc(-c8ccccc8)n7)cc6)cc5c4)cc3)NC(c3ccccc3)=N2)cc1. The molecule has 6 heteroatoms. The highest BCUT2D eigenvalue weighted by Crippen LogP contribution is 2.32. The molecule has 1 unspecified atom stereocenters. The summed E-state index contributed by atoms with van der Waals surface area (Å²) in [5.74, 6) is 3.46. The van der Waals surface area contributed by atoms with Crippen LogP contribution in [0.3, 0.4) is 0 Å². The fraction of sp³-hybridized carbons (Fsp3) is 0.0192. The molecule has 2 heterocycles. The molecule has 0 saturated heterocycles. The Balaban J connectivity index is 0.920. The molecule has 0 bridgehead atoms. The van der Waals surface area contributed by atoms with Crippen molar-refractivity contribution in [1.82, 2.24) is 20.3 Å². The Morgan fingerprint density at radius 2 is 0.724 bits per heavy atom. The lowest BCUT2D eigenvalue weighted by Crippen LogP contribution is -2.33. The summed E-state index contributed by atoms with van der Waals surface area (Å²) < 4.78 is 0. The van der Waals surface area contributed by atoms with Crippen LogP contribution in [-0.2, 0) is 0 Å². The van der Waals surface area contributed by atoms with Crippen molar-refractivity contribution in [3.05, 3.63) is 223 Å². The third kappa shape index (κ3) is 7.18. The van der Waals surface area contributed by atoms with E-state index in [-0.39, 0.29) is 6.17 Å². The minimum atomic E-state index is -0.274. The van der Waals surface area contributed by atoms with Crippen molar-refractivity contribution in [3.8, 4) is 56.4 Å². The van der Waals surface area contributed by atoms with Crippen LogP contribution in [-0.4, -0.2) is 26.6 Å². The van der Waals surface area contributed by atoms with Gasteiger partial charge in [0.15, 0.2) is 23.3 Å². The average Bonchev–Trinajstić information content (AvgIpc) is 3.32. The fourth-order valence-electron chi connectivity index (χ4n) is 7.29. The summed E-state index contributed by atoms with van der Waals surface area (Å²) in [6, 6.07) is 71.0. The Morgan fingerprint density at radius 3 is 1.22 bits per heavy atom. The first kappa shape index (κ1) is 34.6. The van der Waals surface area contributed by atoms with Crippen molar-refractivity contribution in [3.63, 3.8) is 0 Å². The van der Waals surface area contributed by atoms with Crippen LogP contribution in [0.5, 0.6) is 0 Å². The van der Waals surface area contributed by atoms with Crippen molar-refractivity contribution in [1.29, 1.82) is 0 Å². The maximum Gasteiger partial charge on any atom is 0.164 e. The monoisotopic (exact) mass is 744 g/mol. The minimum absolute atomic E-state index is 0.274. The molecule has 0 fully saturated rings. The van der Waals surface area contributed by atoms with Gasteiger partial charge in [0.2, 0.25) is 0 Å². The molecule has 8 aromatic carbocycles. The number of fused-ring (bicyclic) bond motifs is 1. The van der Waals surface area contributed by atoms with Crippen molar-refractivity contribution < 1.29 is 0 Å². The van der Waals surface area contributed by atoms with Crippen molar-refractivity contribution in [2.75, 3.05) is 0 Å². The Hall–Kier alpha value is -7.83. The summed E-state index contributed by atoms with van der Waals surface area (Å²) in [6.07, 6.45) is -0.274. The van der Waals surface area contributed by atoms with Gasteiger partial charge in [-0.15, -0.1) is 0 Å². The second-order valence-corrected chi connectivity index (χ2v) is 14.2. The highest BCUT2D eigenvalue weighted by molar-refractivity contribution is 6.13. The Bertz CT molecular complexity index is 2870. The van der Waals surface area contributed by atoms with Gasteiger partial charge >= 0.3 is 0 Å². The fourth-order valence-corrected chi connectivity index (χ4v) is 7.29. The first-order valence-electron chi connectivity index (χ1n) is 19.4. The molecular formula is C52H36N6. The van der Waals surface area contributed by atoms with Crippen LogP contribution in [0.1, 0.15) is 22.9 Å². The van der Waals surface area contributed by atoms with Crippen LogP contribution >= 0.6 is 0 Å². The molecule has 0 radical (unpaired) electrons. The summed E-state index contributed by atoms with van der Waals surface area (Å²) in [5.41, 5.74) is 10.5. The van der Waals surface area contributed by atoms with Gasteiger partial charge in [0.05, 0.1) is 0 Å². The van der Waals surface area contributed by atoms with Crippen LogP contribution in [0.4, 0.5) is 0 Å². The number of hydrogen-bond acceptors (Lipinski definition) is 6. The van der Waals surface area contributed by atoms with Gasteiger partial charge in [0.25, 0.3) is 0 Å². The van der Waals surface area contributed by atoms with E-state index in [1.165, 1.54) is 10.8 Å². The molecule has 0 amide bonds. The van der Waals surface area contributed by atoms with Crippen LogP contribution in [0.2, 0.25) is 0 Å². The van der Waals surface area contributed by atoms with E-state index in [4.69, 9.17) is 24.9 Å². The van der Waals surface area contributed by atoms with Gasteiger partial charge in [-0.05, 0) is 50.7 Å². The van der Waals surface area contributed by atoms with Crippen LogP contribution in [0, 0.1) is 0 Å². The molecule has 1 aromatic heterocycles. The first-order chi connectivity index (χ1) is 28.7. The van der Waals surface area contributed by atoms with Gasteiger partial charge in [-0.25, -0.2) is 24.9 Å². The number of hydrogen-bond donors (Lipinski definition) is 1. The summed E-state index contributed by atoms with van der Waals surface area (Å²) in [4.78, 5) is 24.6. The zero-order valence-corrected chi connectivity index (χ0v) is 31.4. The van der Waals surface area contributed by atoms with Gasteiger partial charge < -0.3 is 5.32 Å². The Morgan fingerprint density at radius 1 is 0.328 bits per heavy atom. The van der Waals surface area contributed by atoms with Crippen molar-refractivity contribution in [2.24, 2.45) is 9.98 Å². The number of rotatable bonds is 8. The molecule has 6 nitrogen and oxygen atoms in total. The van der Waals surface area contributed by atoms with Crippen molar-refractivity contribution >= 4 is 22.4 Å². The zero-order chi connectivity index (χ0) is 38.7. The topological polar surface area (TPSA) is 75.4 Å². The quantitative estimate of drug-likeness (QED) is 0.168. The number of amidine groups is 2. The number of nitrogens with one attached hydrogen (secondary N) is 1. The van der Waals surface area contributed by atoms with E-state index in [1.54, 1.807) is 0 Å². The smallest absolute Gasteiger partial charge is 0.164 e. The summed E-state index contributed by atoms with van der Waals surface area (Å²) >= 11 is 0. The largest absolute Gasteiger partial charge is 0.344 e. The normalized spacial score (nSPS) is 13.7. The van der Waals surface area contributed by atoms with Gasteiger partial charge in [-0.1, -0.05) is 194 Å². The molecule has 1 atom stereocenters. The predicted molar refractivity (Wildman–Crippen MR) is 236 cm³/mol. The predicted octanol–water partition coefficient (Wildman–Crippen LogP) is 11.9. The van der Waals surface area contributed by atoms with E-state index in [0.29, 0.717) is 23.3 Å². The molecule has 10 rings (SSSR count). The standard InChI is InChI=1S/C52H36N6/c1-5-13-38(14-6-1)47-53-48(39-15-7-2-8-16-39)56-51(55-47)42-27-21-35(22-28-42)44-31-25-37-26-32-45(34-46(37)33-44)36-23-29-43(30-24-36)52-57-49(40-17-9-3-10-18-40)54-50(58-52)41-19-11-4-12-20-41/h1-34,51H,(H,53,55,56). The minimum Gasteiger partial charge on any atom is -0.344 e. The first-order valence-corrected chi connectivity index (χ1v) is 19.4. The molecule has 1 aliphatic heterocycles. The van der Waals surface area contributed by atoms with E-state index in [1.807, 2.05) is 97.1 Å². The zero-order valence-electron chi connectivity index (χ0n) is 31.4. The number of aromatic nitrogens is 3. The molecule has 1 N–H and O–H groups in total. The molecule has 58 heavy (non-hydrogen) atoms. The van der Waals surface area contributed by atoms with Crippen LogP contribution < -0.4 is 5.32 Å². The Kier molecular flexibility index (Phi) is 9.18. The van der Waals surface area contributed by atoms with Crippen LogP contribution in [0.15, 0.2) is 216 Å². The van der Waals surface area contributed by atoms with E-state index in [0.717, 1.165) is 61.5 Å². The highest BCUT2D eigenvalue weighted by Gasteiger charge is 2.21. The van der Waals surface area contributed by atoms with Gasteiger partial charge in [-0.2, -0.15) is 0 Å². The maximum atomic E-state index is 5.04. The highest BCUT2D eigenvalue weighted by atomic mass is 15.2. The van der Waals surface area contributed by atoms with Gasteiger partial charge in [-0.3, -0.25) is 0 Å². The molecular weight excluding hydrogens is 709 g/mol. The van der Waals surface area contributed by atoms with E-state index >= 15 is 0 Å². The molecule has 1 aliphatic rings. The molecule has 0 aliphatic carbocycles. The van der Waals surface area contributed by atoms with E-state index in [9.17, 15) is 0 Å². The van der Waals surface area contributed by atoms with E-state index < -0.39 is 0 Å². The molecule has 0 spiro atoms. The summed E-state index contributed by atoms with van der Waals surface area (Å²) in [7, 11) is 0. The lowest BCUT2D eigenvalue weighted by Gasteiger charge is -2.23. The maximum absolute atomic E-state index is 5.04.